The molecule has 4 rings (SSSR count). The van der Waals surface area contributed by atoms with Crippen molar-refractivity contribution >= 4 is 102 Å². The number of carbonyl (C=O) groups excluding carboxylic acids is 4. The number of halogens is 5. The fraction of sp³-hybridized carbons (Fsp3) is 0.826. The summed E-state index contributed by atoms with van der Waals surface area (Å²) < 4.78 is 81.1. The first kappa shape index (κ1) is 34.3. The molecule has 228 valence electrons. The Balaban J connectivity index is 2.15. The molecule has 17 heteroatoms. The number of carbonyl (C=O) groups is 4. The monoisotopic (exact) mass is 932 g/mol. The normalized spacial score (nSPS) is 34.2. The van der Waals surface area contributed by atoms with E-state index in [1.807, 2.05) is 67.8 Å². The first-order valence-electron chi connectivity index (χ1n) is 12.2. The van der Waals surface area contributed by atoms with Crippen LogP contribution in [0.25, 0.3) is 0 Å². The number of rotatable bonds is 10. The van der Waals surface area contributed by atoms with Crippen molar-refractivity contribution < 1.29 is 59.9 Å². The largest absolute Gasteiger partial charge is 0.458 e. The van der Waals surface area contributed by atoms with E-state index in [9.17, 15) is 36.4 Å². The Bertz CT molecular complexity index is 1090. The second kappa shape index (κ2) is 11.4. The molecule has 4 atom stereocenters. The number of esters is 4. The second-order valence-corrected chi connectivity index (χ2v) is 18.2. The minimum Gasteiger partial charge on any atom is -0.458 e. The molecule has 0 saturated heterocycles. The van der Waals surface area contributed by atoms with Gasteiger partial charge in [0.05, 0.1) is 5.41 Å². The standard InChI is InChI=1S/C23H29F2I3O11S/c1-11(26)15(29)37-20-5-19(18(32)36-14(4)23(24,25)40(33,34)35)6-21(8-20,38-16(30)12(2)27)10-22(7-19,9-20)39-17(31)13(3)28/h11-14H,5-10H2,1-4H3,(H,33,34,35). The Labute approximate surface area is 271 Å². The van der Waals surface area contributed by atoms with Gasteiger partial charge in [0.25, 0.3) is 0 Å². The smallest absolute Gasteiger partial charge is 0.405 e. The van der Waals surface area contributed by atoms with Gasteiger partial charge in [-0.05, 0) is 27.7 Å². The van der Waals surface area contributed by atoms with Gasteiger partial charge >= 0.3 is 39.2 Å². The van der Waals surface area contributed by atoms with E-state index in [1.165, 1.54) is 0 Å². The Hall–Kier alpha value is -0.160. The van der Waals surface area contributed by atoms with Gasteiger partial charge in [-0.1, -0.05) is 67.8 Å². The molecular weight excluding hydrogens is 903 g/mol. The van der Waals surface area contributed by atoms with Crippen molar-refractivity contribution in [2.24, 2.45) is 5.41 Å². The van der Waals surface area contributed by atoms with Crippen molar-refractivity contribution in [3.8, 4) is 0 Å². The second-order valence-electron chi connectivity index (χ2n) is 11.1. The summed E-state index contributed by atoms with van der Waals surface area (Å²) in [6, 6.07) is 0. The van der Waals surface area contributed by atoms with Crippen LogP contribution in [0.3, 0.4) is 0 Å². The van der Waals surface area contributed by atoms with Crippen LogP contribution in [0.4, 0.5) is 8.78 Å². The SMILES string of the molecule is CC(I)C(=O)OC12CC3(OC(=O)C(C)I)CC(OC(=O)C(C)I)(C1)CC(C(=O)OC(C)C(F)(F)S(=O)(=O)O)(C2)C3. The molecule has 4 unspecified atom stereocenters. The van der Waals surface area contributed by atoms with Crippen LogP contribution in [0.15, 0.2) is 0 Å². The predicted molar refractivity (Wildman–Crippen MR) is 159 cm³/mol. The molecule has 0 aromatic heterocycles. The molecule has 40 heavy (non-hydrogen) atoms. The third-order valence-electron chi connectivity index (χ3n) is 7.37. The summed E-state index contributed by atoms with van der Waals surface area (Å²) in [7, 11) is -5.94. The summed E-state index contributed by atoms with van der Waals surface area (Å²) in [6.07, 6.45) is -3.38. The third kappa shape index (κ3) is 6.66. The van der Waals surface area contributed by atoms with E-state index in [0.29, 0.717) is 6.92 Å². The lowest BCUT2D eigenvalue weighted by molar-refractivity contribution is -0.293. The lowest BCUT2D eigenvalue weighted by Gasteiger charge is -2.66. The summed E-state index contributed by atoms with van der Waals surface area (Å²) in [5.41, 5.74) is -6.26. The highest BCUT2D eigenvalue weighted by Crippen LogP contribution is 2.68. The number of hydrogen-bond donors (Lipinski definition) is 1. The van der Waals surface area contributed by atoms with Gasteiger partial charge in [0.2, 0.25) is 0 Å². The molecule has 0 aromatic carbocycles. The van der Waals surface area contributed by atoms with Crippen molar-refractivity contribution in [1.82, 2.24) is 0 Å². The van der Waals surface area contributed by atoms with E-state index in [4.69, 9.17) is 23.5 Å². The first-order valence-corrected chi connectivity index (χ1v) is 17.4. The Morgan fingerprint density at radius 2 is 1.02 bits per heavy atom. The Morgan fingerprint density at radius 3 is 1.27 bits per heavy atom. The van der Waals surface area contributed by atoms with Crippen molar-refractivity contribution in [2.45, 2.75) is 106 Å². The molecule has 4 aliphatic carbocycles. The maximum absolute atomic E-state index is 14.3. The van der Waals surface area contributed by atoms with Gasteiger partial charge in [0, 0.05) is 38.5 Å². The zero-order chi connectivity index (χ0) is 30.7. The maximum Gasteiger partial charge on any atom is 0.405 e. The van der Waals surface area contributed by atoms with E-state index in [0.717, 1.165) is 0 Å². The molecule has 4 bridgehead atoms. The number of hydrogen-bond acceptors (Lipinski definition) is 10. The third-order valence-corrected chi connectivity index (χ3v) is 9.92. The lowest BCUT2D eigenvalue weighted by Crippen LogP contribution is -2.74. The van der Waals surface area contributed by atoms with Crippen LogP contribution in [-0.2, 0) is 48.2 Å². The van der Waals surface area contributed by atoms with Crippen molar-refractivity contribution in [3.05, 3.63) is 0 Å². The van der Waals surface area contributed by atoms with Gasteiger partial charge in [-0.15, -0.1) is 0 Å². The molecule has 1 N–H and O–H groups in total. The van der Waals surface area contributed by atoms with Crippen LogP contribution in [0, 0.1) is 5.41 Å². The van der Waals surface area contributed by atoms with Gasteiger partial charge in [0.15, 0.2) is 6.10 Å². The molecule has 4 saturated carbocycles. The quantitative estimate of drug-likeness (QED) is 0.111. The first-order chi connectivity index (χ1) is 18.0. The summed E-state index contributed by atoms with van der Waals surface area (Å²) in [4.78, 5) is 52.2. The van der Waals surface area contributed by atoms with Crippen molar-refractivity contribution in [1.29, 1.82) is 0 Å². The van der Waals surface area contributed by atoms with Gasteiger partial charge in [0.1, 0.15) is 28.6 Å². The number of alkyl halides is 5. The molecule has 0 spiro atoms. The lowest BCUT2D eigenvalue weighted by atomic mass is 9.44. The molecule has 0 heterocycles. The average molecular weight is 932 g/mol. The topological polar surface area (TPSA) is 160 Å². The van der Waals surface area contributed by atoms with Gasteiger partial charge in [-0.3, -0.25) is 23.7 Å². The Kier molecular flexibility index (Phi) is 9.79. The fourth-order valence-electron chi connectivity index (χ4n) is 6.35. The van der Waals surface area contributed by atoms with Crippen LogP contribution in [0.1, 0.15) is 66.2 Å². The Morgan fingerprint density at radius 1 is 0.725 bits per heavy atom. The van der Waals surface area contributed by atoms with Crippen molar-refractivity contribution in [2.75, 3.05) is 0 Å². The van der Waals surface area contributed by atoms with Crippen LogP contribution < -0.4 is 0 Å². The zero-order valence-corrected chi connectivity index (χ0v) is 29.2. The van der Waals surface area contributed by atoms with Gasteiger partial charge < -0.3 is 18.9 Å². The predicted octanol–water partition coefficient (Wildman–Crippen LogP) is 4.08. The van der Waals surface area contributed by atoms with Crippen LogP contribution in [-0.4, -0.2) is 76.8 Å². The van der Waals surface area contributed by atoms with E-state index in [-0.39, 0.29) is 38.5 Å². The summed E-state index contributed by atoms with van der Waals surface area (Å²) >= 11 is 5.51. The molecule has 11 nitrogen and oxygen atoms in total. The molecule has 0 radical (unpaired) electrons. The summed E-state index contributed by atoms with van der Waals surface area (Å²) in [5.74, 6) is -3.23. The maximum atomic E-state index is 14.3. The highest BCUT2D eigenvalue weighted by atomic mass is 127. The summed E-state index contributed by atoms with van der Waals surface area (Å²) in [6.45, 7) is 5.34. The van der Waals surface area contributed by atoms with Gasteiger partial charge in [-0.25, -0.2) is 0 Å². The highest BCUT2D eigenvalue weighted by Gasteiger charge is 2.75. The van der Waals surface area contributed by atoms with Crippen LogP contribution >= 0.6 is 67.8 Å². The minimum atomic E-state index is -5.94. The number of ether oxygens (including phenoxy) is 4. The summed E-state index contributed by atoms with van der Waals surface area (Å²) in [5, 5.41) is -4.83. The molecule has 0 amide bonds. The van der Waals surface area contributed by atoms with Gasteiger partial charge in [-0.2, -0.15) is 17.2 Å². The fourth-order valence-corrected chi connectivity index (χ4v) is 7.20. The molecule has 0 aromatic rings. The van der Waals surface area contributed by atoms with E-state index < -0.39 is 79.3 Å². The van der Waals surface area contributed by atoms with E-state index in [1.54, 1.807) is 20.8 Å². The van der Waals surface area contributed by atoms with Crippen LogP contribution in [0.5, 0.6) is 0 Å². The van der Waals surface area contributed by atoms with E-state index in [2.05, 4.69) is 0 Å². The van der Waals surface area contributed by atoms with E-state index >= 15 is 0 Å². The highest BCUT2D eigenvalue weighted by molar-refractivity contribution is 14.1. The molecule has 4 aliphatic rings. The molecule has 4 fully saturated rings. The average Bonchev–Trinajstić information content (AvgIpc) is 2.75. The van der Waals surface area contributed by atoms with Crippen molar-refractivity contribution in [3.63, 3.8) is 0 Å². The molecule has 0 aliphatic heterocycles. The minimum absolute atomic E-state index is 0.0327. The molecular formula is C23H29F2I3O11S. The van der Waals surface area contributed by atoms with Crippen LogP contribution in [0.2, 0.25) is 0 Å². The zero-order valence-electron chi connectivity index (χ0n) is 21.9.